The number of carbonyl (C=O) groups excluding carboxylic acids is 1. The third-order valence-electron chi connectivity index (χ3n) is 5.90. The van der Waals surface area contributed by atoms with Crippen molar-refractivity contribution in [3.8, 4) is 0 Å². The van der Waals surface area contributed by atoms with Crippen LogP contribution in [0, 0.1) is 12.7 Å². The smallest absolute Gasteiger partial charge is 0.258 e. The Bertz CT molecular complexity index is 1030. The number of carbonyl (C=O) groups is 1. The average Bonchev–Trinajstić information content (AvgIpc) is 2.78. The summed E-state index contributed by atoms with van der Waals surface area (Å²) in [6.45, 7) is 4.54. The van der Waals surface area contributed by atoms with Crippen molar-refractivity contribution < 1.29 is 9.18 Å². The fourth-order valence-electron chi connectivity index (χ4n) is 4.13. The first-order valence-corrected chi connectivity index (χ1v) is 11.0. The molecule has 0 bridgehead atoms. The number of nitrogens with zero attached hydrogens (tertiary/aromatic N) is 2. The summed E-state index contributed by atoms with van der Waals surface area (Å²) in [6, 6.07) is 21.8. The van der Waals surface area contributed by atoms with Crippen LogP contribution in [0.4, 0.5) is 10.1 Å². The normalized spacial score (nSPS) is 15.1. The van der Waals surface area contributed by atoms with Crippen LogP contribution in [-0.2, 0) is 6.54 Å². The van der Waals surface area contributed by atoms with Crippen molar-refractivity contribution in [2.45, 2.75) is 32.4 Å². The first-order chi connectivity index (χ1) is 15.0. The molecule has 1 aliphatic rings. The number of rotatable bonds is 5. The summed E-state index contributed by atoms with van der Waals surface area (Å²) in [7, 11) is 0. The van der Waals surface area contributed by atoms with E-state index in [1.54, 1.807) is 12.1 Å². The molecule has 0 saturated carbocycles. The van der Waals surface area contributed by atoms with Crippen LogP contribution in [0.5, 0.6) is 0 Å². The van der Waals surface area contributed by atoms with Gasteiger partial charge in [0.15, 0.2) is 0 Å². The van der Waals surface area contributed by atoms with Crippen molar-refractivity contribution in [1.29, 1.82) is 0 Å². The molecule has 0 atom stereocenters. The third-order valence-corrected chi connectivity index (χ3v) is 6.26. The van der Waals surface area contributed by atoms with E-state index in [1.807, 2.05) is 54.3 Å². The Balaban J connectivity index is 1.52. The third kappa shape index (κ3) is 5.15. The highest BCUT2D eigenvalue weighted by molar-refractivity contribution is 6.31. The fourth-order valence-corrected chi connectivity index (χ4v) is 4.33. The van der Waals surface area contributed by atoms with E-state index >= 15 is 0 Å². The molecule has 160 valence electrons. The summed E-state index contributed by atoms with van der Waals surface area (Å²) < 4.78 is 13.5. The summed E-state index contributed by atoms with van der Waals surface area (Å²) in [4.78, 5) is 17.7. The Hall–Kier alpha value is -2.69. The number of aryl methyl sites for hydroxylation is 1. The molecule has 0 spiro atoms. The number of benzene rings is 3. The summed E-state index contributed by atoms with van der Waals surface area (Å²) in [5, 5.41) is 0.784. The van der Waals surface area contributed by atoms with Gasteiger partial charge in [0.2, 0.25) is 0 Å². The first-order valence-electron chi connectivity index (χ1n) is 10.6. The first kappa shape index (κ1) is 21.5. The van der Waals surface area contributed by atoms with Gasteiger partial charge in [0.05, 0.1) is 0 Å². The van der Waals surface area contributed by atoms with E-state index in [1.165, 1.54) is 12.1 Å². The number of hydrogen-bond donors (Lipinski definition) is 0. The molecule has 1 saturated heterocycles. The topological polar surface area (TPSA) is 23.6 Å². The molecule has 1 fully saturated rings. The Labute approximate surface area is 188 Å². The number of halogens is 2. The van der Waals surface area contributed by atoms with Crippen molar-refractivity contribution in [2.75, 3.05) is 18.0 Å². The quantitative estimate of drug-likeness (QED) is 0.482. The minimum atomic E-state index is -0.305. The molecule has 0 aromatic heterocycles. The molecule has 3 aromatic rings. The molecular weight excluding hydrogens is 411 g/mol. The van der Waals surface area contributed by atoms with E-state index in [9.17, 15) is 9.18 Å². The van der Waals surface area contributed by atoms with Crippen LogP contribution in [0.2, 0.25) is 5.02 Å². The van der Waals surface area contributed by atoms with Crippen LogP contribution in [0.1, 0.15) is 34.3 Å². The van der Waals surface area contributed by atoms with Gasteiger partial charge < -0.3 is 4.90 Å². The molecular formula is C26H26ClFN2O. The molecule has 5 heteroatoms. The van der Waals surface area contributed by atoms with E-state index < -0.39 is 0 Å². The second kappa shape index (κ2) is 9.63. The van der Waals surface area contributed by atoms with Crippen molar-refractivity contribution in [3.05, 3.63) is 100 Å². The molecule has 0 aliphatic carbocycles. The molecule has 3 nitrogen and oxygen atoms in total. The van der Waals surface area contributed by atoms with Gasteiger partial charge in [-0.15, -0.1) is 0 Å². The maximum absolute atomic E-state index is 13.5. The SMILES string of the molecule is Cc1ccc(C(=O)N(c2ccc(F)cc2)C2CCN(Cc3ccccc3Cl)CC2)cc1. The summed E-state index contributed by atoms with van der Waals surface area (Å²) in [5.74, 6) is -0.350. The van der Waals surface area contributed by atoms with Gasteiger partial charge in [-0.25, -0.2) is 4.39 Å². The van der Waals surface area contributed by atoms with Crippen LogP contribution >= 0.6 is 11.6 Å². The van der Waals surface area contributed by atoms with Crippen LogP contribution < -0.4 is 4.90 Å². The summed E-state index contributed by atoms with van der Waals surface area (Å²) >= 11 is 6.33. The number of anilines is 1. The standard InChI is InChI=1S/C26H26ClFN2O/c1-19-6-8-20(9-7-19)26(31)30(23-12-10-22(28)11-13-23)24-14-16-29(17-15-24)18-21-4-2-3-5-25(21)27/h2-13,24H,14-18H2,1H3. The van der Waals surface area contributed by atoms with Gasteiger partial charge in [-0.05, 0) is 67.8 Å². The number of hydrogen-bond acceptors (Lipinski definition) is 2. The van der Waals surface area contributed by atoms with Crippen molar-refractivity contribution in [3.63, 3.8) is 0 Å². The van der Waals surface area contributed by atoms with Crippen LogP contribution in [0.25, 0.3) is 0 Å². The molecule has 1 heterocycles. The average molecular weight is 437 g/mol. The molecule has 4 rings (SSSR count). The molecule has 1 amide bonds. The van der Waals surface area contributed by atoms with Gasteiger partial charge in [-0.3, -0.25) is 9.69 Å². The van der Waals surface area contributed by atoms with E-state index in [0.29, 0.717) is 5.56 Å². The molecule has 3 aromatic carbocycles. The summed E-state index contributed by atoms with van der Waals surface area (Å²) in [5.41, 5.74) is 3.61. The van der Waals surface area contributed by atoms with Crippen LogP contribution in [-0.4, -0.2) is 29.9 Å². The Kier molecular flexibility index (Phi) is 6.69. The minimum absolute atomic E-state index is 0.0452. The lowest BCUT2D eigenvalue weighted by atomic mass is 10.00. The van der Waals surface area contributed by atoms with E-state index in [4.69, 9.17) is 11.6 Å². The molecule has 1 aliphatic heterocycles. The van der Waals surface area contributed by atoms with Gasteiger partial charge in [0, 0.05) is 41.9 Å². The van der Waals surface area contributed by atoms with Crippen molar-refractivity contribution in [1.82, 2.24) is 4.90 Å². The van der Waals surface area contributed by atoms with Gasteiger partial charge in [-0.2, -0.15) is 0 Å². The van der Waals surface area contributed by atoms with Gasteiger partial charge in [0.25, 0.3) is 5.91 Å². The van der Waals surface area contributed by atoms with Gasteiger partial charge in [-0.1, -0.05) is 47.5 Å². The predicted octanol–water partition coefficient (Wildman–Crippen LogP) is 6.10. The van der Waals surface area contributed by atoms with Gasteiger partial charge in [0.1, 0.15) is 5.82 Å². The molecule has 0 unspecified atom stereocenters. The molecule has 0 N–H and O–H groups in total. The predicted molar refractivity (Wildman–Crippen MR) is 124 cm³/mol. The second-order valence-electron chi connectivity index (χ2n) is 8.12. The lowest BCUT2D eigenvalue weighted by Gasteiger charge is -2.38. The largest absolute Gasteiger partial charge is 0.305 e. The second-order valence-corrected chi connectivity index (χ2v) is 8.52. The summed E-state index contributed by atoms with van der Waals surface area (Å²) in [6.07, 6.45) is 1.69. The number of amides is 1. The molecule has 0 radical (unpaired) electrons. The number of likely N-dealkylation sites (tertiary alicyclic amines) is 1. The zero-order valence-electron chi connectivity index (χ0n) is 17.6. The van der Waals surface area contributed by atoms with Crippen molar-refractivity contribution in [2.24, 2.45) is 0 Å². The lowest BCUT2D eigenvalue weighted by molar-refractivity contribution is 0.0958. The van der Waals surface area contributed by atoms with E-state index in [-0.39, 0.29) is 17.8 Å². The van der Waals surface area contributed by atoms with Crippen LogP contribution in [0.15, 0.2) is 72.8 Å². The maximum Gasteiger partial charge on any atom is 0.258 e. The van der Waals surface area contributed by atoms with Crippen molar-refractivity contribution >= 4 is 23.2 Å². The van der Waals surface area contributed by atoms with Crippen LogP contribution in [0.3, 0.4) is 0 Å². The zero-order chi connectivity index (χ0) is 21.8. The Morgan fingerprint density at radius 3 is 2.29 bits per heavy atom. The fraction of sp³-hybridized carbons (Fsp3) is 0.269. The Morgan fingerprint density at radius 2 is 1.65 bits per heavy atom. The highest BCUT2D eigenvalue weighted by Crippen LogP contribution is 2.28. The monoisotopic (exact) mass is 436 g/mol. The lowest BCUT2D eigenvalue weighted by Crippen LogP contribution is -2.47. The highest BCUT2D eigenvalue weighted by Gasteiger charge is 2.30. The van der Waals surface area contributed by atoms with E-state index in [0.717, 1.165) is 54.3 Å². The zero-order valence-corrected chi connectivity index (χ0v) is 18.4. The Morgan fingerprint density at radius 1 is 1.00 bits per heavy atom. The maximum atomic E-state index is 13.5. The molecule has 31 heavy (non-hydrogen) atoms. The highest BCUT2D eigenvalue weighted by atomic mass is 35.5. The van der Waals surface area contributed by atoms with Gasteiger partial charge >= 0.3 is 0 Å². The minimum Gasteiger partial charge on any atom is -0.305 e. The van der Waals surface area contributed by atoms with E-state index in [2.05, 4.69) is 11.0 Å². The number of piperidine rings is 1.